The van der Waals surface area contributed by atoms with Gasteiger partial charge in [-0.05, 0) is 68.7 Å². The van der Waals surface area contributed by atoms with Gasteiger partial charge < -0.3 is 14.2 Å². The Labute approximate surface area is 190 Å². The summed E-state index contributed by atoms with van der Waals surface area (Å²) >= 11 is 0. The molecule has 0 radical (unpaired) electrons. The molecule has 1 aliphatic carbocycles. The van der Waals surface area contributed by atoms with E-state index in [1.54, 1.807) is 7.11 Å². The standard InChI is InChI=1S/C25H34N4O3/c1-28-17-25(16-21(28)23-26-24(32-27-23)19-6-4-7-19)11-13-29(14-12-25)22(30)10-9-18-5-3-8-20(15-18)31-2/h3,5,8,15,19,21H,4,6-7,9-14,16-17H2,1-2H3. The number of ether oxygens (including phenoxy) is 1. The molecule has 3 aliphatic rings. The first kappa shape index (κ1) is 21.4. The Morgan fingerprint density at radius 1 is 1.28 bits per heavy atom. The van der Waals surface area contributed by atoms with Crippen LogP contribution in [-0.4, -0.2) is 59.6 Å². The second kappa shape index (κ2) is 8.85. The van der Waals surface area contributed by atoms with Crippen LogP contribution < -0.4 is 4.74 Å². The first-order valence-electron chi connectivity index (χ1n) is 12.0. The van der Waals surface area contributed by atoms with Crippen molar-refractivity contribution < 1.29 is 14.1 Å². The van der Waals surface area contributed by atoms with Gasteiger partial charge in [-0.2, -0.15) is 4.98 Å². The van der Waals surface area contributed by atoms with Gasteiger partial charge in [0.15, 0.2) is 5.82 Å². The molecule has 0 bridgehead atoms. The fourth-order valence-corrected chi connectivity index (χ4v) is 5.59. The van der Waals surface area contributed by atoms with Crippen molar-refractivity contribution in [3.05, 3.63) is 41.5 Å². The van der Waals surface area contributed by atoms with E-state index in [0.29, 0.717) is 12.3 Å². The molecule has 3 heterocycles. The molecular formula is C25H34N4O3. The van der Waals surface area contributed by atoms with Crippen LogP contribution in [0.1, 0.15) is 74.2 Å². The van der Waals surface area contributed by atoms with E-state index >= 15 is 0 Å². The van der Waals surface area contributed by atoms with E-state index in [1.165, 1.54) is 19.3 Å². The molecule has 5 rings (SSSR count). The molecule has 1 amide bonds. The van der Waals surface area contributed by atoms with Crippen molar-refractivity contribution in [3.8, 4) is 5.75 Å². The molecule has 2 saturated heterocycles. The molecule has 1 aromatic heterocycles. The summed E-state index contributed by atoms with van der Waals surface area (Å²) in [6.45, 7) is 2.73. The molecule has 2 aliphatic heterocycles. The molecule has 2 aromatic rings. The lowest BCUT2D eigenvalue weighted by Gasteiger charge is -2.39. The van der Waals surface area contributed by atoms with Gasteiger partial charge in [-0.1, -0.05) is 23.7 Å². The number of carbonyl (C=O) groups is 1. The summed E-state index contributed by atoms with van der Waals surface area (Å²) in [5.74, 6) is 3.26. The number of nitrogens with zero attached hydrogens (tertiary/aromatic N) is 4. The third-order valence-electron chi connectivity index (χ3n) is 7.89. The van der Waals surface area contributed by atoms with Crippen LogP contribution in [0.4, 0.5) is 0 Å². The number of hydrogen-bond acceptors (Lipinski definition) is 6. The van der Waals surface area contributed by atoms with Crippen molar-refractivity contribution in [1.29, 1.82) is 0 Å². The van der Waals surface area contributed by atoms with E-state index in [-0.39, 0.29) is 17.4 Å². The van der Waals surface area contributed by atoms with Gasteiger partial charge >= 0.3 is 0 Å². The van der Waals surface area contributed by atoms with Gasteiger partial charge in [-0.25, -0.2) is 0 Å². The lowest BCUT2D eigenvalue weighted by molar-refractivity contribution is -0.133. The molecule has 7 nitrogen and oxygen atoms in total. The van der Waals surface area contributed by atoms with Crippen molar-refractivity contribution >= 4 is 5.91 Å². The minimum absolute atomic E-state index is 0.225. The summed E-state index contributed by atoms with van der Waals surface area (Å²) in [4.78, 5) is 22.0. The van der Waals surface area contributed by atoms with Gasteiger partial charge in [0.1, 0.15) is 5.75 Å². The van der Waals surface area contributed by atoms with E-state index in [2.05, 4.69) is 28.1 Å². The lowest BCUT2D eigenvalue weighted by Crippen LogP contribution is -2.44. The van der Waals surface area contributed by atoms with Crippen LogP contribution in [0.3, 0.4) is 0 Å². The number of hydrogen-bond donors (Lipinski definition) is 0. The zero-order valence-corrected chi connectivity index (χ0v) is 19.3. The highest BCUT2D eigenvalue weighted by atomic mass is 16.5. The number of benzene rings is 1. The average molecular weight is 439 g/mol. The predicted octanol–water partition coefficient (Wildman–Crippen LogP) is 3.96. The van der Waals surface area contributed by atoms with Gasteiger partial charge in [0.05, 0.1) is 13.2 Å². The molecule has 172 valence electrons. The van der Waals surface area contributed by atoms with Gasteiger partial charge in [0.2, 0.25) is 11.8 Å². The topological polar surface area (TPSA) is 71.7 Å². The van der Waals surface area contributed by atoms with Crippen LogP contribution in [0.5, 0.6) is 5.75 Å². The predicted molar refractivity (Wildman–Crippen MR) is 120 cm³/mol. The van der Waals surface area contributed by atoms with Gasteiger partial charge in [0, 0.05) is 32.0 Å². The van der Waals surface area contributed by atoms with Crippen molar-refractivity contribution in [2.75, 3.05) is 33.8 Å². The maximum atomic E-state index is 12.8. The van der Waals surface area contributed by atoms with E-state index in [0.717, 1.165) is 68.3 Å². The van der Waals surface area contributed by atoms with Crippen LogP contribution in [0, 0.1) is 5.41 Å². The summed E-state index contributed by atoms with van der Waals surface area (Å²) < 4.78 is 10.9. The maximum absolute atomic E-state index is 12.8. The van der Waals surface area contributed by atoms with Crippen molar-refractivity contribution in [2.24, 2.45) is 5.41 Å². The highest BCUT2D eigenvalue weighted by molar-refractivity contribution is 5.76. The maximum Gasteiger partial charge on any atom is 0.229 e. The number of amides is 1. The molecule has 1 spiro atoms. The molecule has 1 unspecified atom stereocenters. The van der Waals surface area contributed by atoms with Crippen LogP contribution in [0.2, 0.25) is 0 Å². The Bertz CT molecular complexity index is 946. The molecule has 7 heteroatoms. The Morgan fingerprint density at radius 3 is 2.81 bits per heavy atom. The third-order valence-corrected chi connectivity index (χ3v) is 7.89. The molecule has 32 heavy (non-hydrogen) atoms. The minimum atomic E-state index is 0.225. The summed E-state index contributed by atoms with van der Waals surface area (Å²) in [5.41, 5.74) is 1.40. The zero-order valence-electron chi connectivity index (χ0n) is 19.3. The Morgan fingerprint density at radius 2 is 2.09 bits per heavy atom. The number of carbonyl (C=O) groups excluding carboxylic acids is 1. The lowest BCUT2D eigenvalue weighted by atomic mass is 9.76. The quantitative estimate of drug-likeness (QED) is 0.680. The number of aryl methyl sites for hydroxylation is 1. The fourth-order valence-electron chi connectivity index (χ4n) is 5.59. The molecule has 1 atom stereocenters. The summed E-state index contributed by atoms with van der Waals surface area (Å²) in [6.07, 6.45) is 8.07. The summed E-state index contributed by atoms with van der Waals surface area (Å²) in [7, 11) is 3.84. The SMILES string of the molecule is COc1cccc(CCC(=O)N2CCC3(CC2)CC(c2noc(C4CCC4)n2)N(C)C3)c1. The van der Waals surface area contributed by atoms with Crippen LogP contribution in [-0.2, 0) is 11.2 Å². The fraction of sp³-hybridized carbons (Fsp3) is 0.640. The van der Waals surface area contributed by atoms with Crippen molar-refractivity contribution in [2.45, 2.75) is 63.3 Å². The minimum Gasteiger partial charge on any atom is -0.497 e. The highest BCUT2D eigenvalue weighted by Crippen LogP contribution is 2.48. The normalized spacial score (nSPS) is 23.4. The zero-order chi connectivity index (χ0) is 22.1. The molecule has 1 aromatic carbocycles. The first-order chi connectivity index (χ1) is 15.5. The Kier molecular flexibility index (Phi) is 5.93. The average Bonchev–Trinajstić information content (AvgIpc) is 3.36. The largest absolute Gasteiger partial charge is 0.497 e. The second-order valence-corrected chi connectivity index (χ2v) is 9.99. The van der Waals surface area contributed by atoms with Gasteiger partial charge in [0.25, 0.3) is 0 Å². The molecule has 0 N–H and O–H groups in total. The Balaban J connectivity index is 1.14. The highest BCUT2D eigenvalue weighted by Gasteiger charge is 2.46. The Hall–Kier alpha value is -2.41. The third kappa shape index (κ3) is 4.27. The summed E-state index contributed by atoms with van der Waals surface area (Å²) in [5, 5.41) is 4.34. The van der Waals surface area contributed by atoms with Gasteiger partial charge in [-0.3, -0.25) is 9.69 Å². The van der Waals surface area contributed by atoms with E-state index < -0.39 is 0 Å². The van der Waals surface area contributed by atoms with E-state index in [9.17, 15) is 4.79 Å². The van der Waals surface area contributed by atoms with Crippen LogP contribution in [0.25, 0.3) is 0 Å². The summed E-state index contributed by atoms with van der Waals surface area (Å²) in [6, 6.07) is 8.22. The molecule has 1 saturated carbocycles. The van der Waals surface area contributed by atoms with Crippen molar-refractivity contribution in [1.82, 2.24) is 19.9 Å². The first-order valence-corrected chi connectivity index (χ1v) is 12.0. The second-order valence-electron chi connectivity index (χ2n) is 9.99. The van der Waals surface area contributed by atoms with Gasteiger partial charge in [-0.15, -0.1) is 0 Å². The number of methoxy groups -OCH3 is 1. The van der Waals surface area contributed by atoms with Crippen LogP contribution in [0.15, 0.2) is 28.8 Å². The van der Waals surface area contributed by atoms with Crippen LogP contribution >= 0.6 is 0 Å². The van der Waals surface area contributed by atoms with E-state index in [1.807, 2.05) is 18.2 Å². The number of rotatable bonds is 6. The number of aromatic nitrogens is 2. The smallest absolute Gasteiger partial charge is 0.229 e. The number of likely N-dealkylation sites (tertiary alicyclic amines) is 2. The van der Waals surface area contributed by atoms with Crippen molar-refractivity contribution in [3.63, 3.8) is 0 Å². The monoisotopic (exact) mass is 438 g/mol. The molecule has 3 fully saturated rings. The van der Waals surface area contributed by atoms with E-state index in [4.69, 9.17) is 14.2 Å². The molecular weight excluding hydrogens is 404 g/mol. The number of piperidine rings is 1.